The number of amides is 2. The molecule has 130 valence electrons. The highest BCUT2D eigenvalue weighted by atomic mass is 16.2. The minimum absolute atomic E-state index is 0.262. The first-order valence-electron chi connectivity index (χ1n) is 8.25. The average Bonchev–Trinajstić information content (AvgIpc) is 3.29. The molecule has 0 bridgehead atoms. The van der Waals surface area contributed by atoms with E-state index in [1.54, 1.807) is 12.4 Å². The molecule has 0 aliphatic heterocycles. The van der Waals surface area contributed by atoms with Crippen molar-refractivity contribution in [3.8, 4) is 11.3 Å². The molecule has 0 aliphatic rings. The van der Waals surface area contributed by atoms with Crippen LogP contribution in [0.4, 0.5) is 10.5 Å². The Hall–Kier alpha value is -3.61. The number of hydrogen-bond donors (Lipinski definition) is 3. The molecule has 0 radical (unpaired) electrons. The Kier molecular flexibility index (Phi) is 4.10. The van der Waals surface area contributed by atoms with Crippen LogP contribution in [0.5, 0.6) is 0 Å². The number of nitrogens with one attached hydrogen (secondary N) is 3. The summed E-state index contributed by atoms with van der Waals surface area (Å²) in [6, 6.07) is 15.5. The van der Waals surface area contributed by atoms with Crippen molar-refractivity contribution in [1.29, 1.82) is 0 Å². The summed E-state index contributed by atoms with van der Waals surface area (Å²) in [5.41, 5.74) is 4.66. The van der Waals surface area contributed by atoms with E-state index < -0.39 is 0 Å². The molecule has 4 rings (SSSR count). The minimum atomic E-state index is -0.262. The predicted molar refractivity (Wildman–Crippen MR) is 101 cm³/mol. The third-order valence-corrected chi connectivity index (χ3v) is 4.18. The van der Waals surface area contributed by atoms with Crippen LogP contribution in [0, 0.1) is 0 Å². The van der Waals surface area contributed by atoms with Crippen LogP contribution in [-0.2, 0) is 13.6 Å². The fourth-order valence-electron chi connectivity index (χ4n) is 2.87. The lowest BCUT2D eigenvalue weighted by molar-refractivity contribution is 0.251. The number of anilines is 1. The van der Waals surface area contributed by atoms with Crippen molar-refractivity contribution in [3.05, 3.63) is 66.5 Å². The van der Waals surface area contributed by atoms with Crippen LogP contribution in [0.1, 0.15) is 5.56 Å². The second-order valence-corrected chi connectivity index (χ2v) is 5.98. The number of fused-ring (bicyclic) bond motifs is 1. The number of H-pyrrole nitrogens is 1. The first-order valence-corrected chi connectivity index (χ1v) is 8.25. The molecule has 26 heavy (non-hydrogen) atoms. The molecule has 0 atom stereocenters. The minimum Gasteiger partial charge on any atom is -0.334 e. The van der Waals surface area contributed by atoms with Gasteiger partial charge in [-0.1, -0.05) is 30.3 Å². The van der Waals surface area contributed by atoms with Crippen LogP contribution in [0.3, 0.4) is 0 Å². The largest absolute Gasteiger partial charge is 0.334 e. The number of carbonyl (C=O) groups is 1. The summed E-state index contributed by atoms with van der Waals surface area (Å²) in [6.07, 6.45) is 3.42. The third kappa shape index (κ3) is 3.14. The second-order valence-electron chi connectivity index (χ2n) is 5.98. The smallest absolute Gasteiger partial charge is 0.319 e. The fourth-order valence-corrected chi connectivity index (χ4v) is 2.87. The van der Waals surface area contributed by atoms with Gasteiger partial charge in [0.05, 0.1) is 11.7 Å². The summed E-state index contributed by atoms with van der Waals surface area (Å²) in [5.74, 6) is 0. The number of aryl methyl sites for hydroxylation is 1. The predicted octanol–water partition coefficient (Wildman–Crippen LogP) is 3.29. The Morgan fingerprint density at radius 1 is 1.15 bits per heavy atom. The Morgan fingerprint density at radius 3 is 2.73 bits per heavy atom. The molecular formula is C19H18N6O. The normalized spacial score (nSPS) is 10.8. The van der Waals surface area contributed by atoms with Gasteiger partial charge in [0, 0.05) is 42.0 Å². The standard InChI is InChI=1S/C19H18N6O/c1-25-17-5-3-2-4-16(17)18(24-25)14-6-8-15(9-7-14)23-19(26)20-10-13-11-21-22-12-13/h2-9,11-12H,10H2,1H3,(H,21,22)(H2,20,23,26). The van der Waals surface area contributed by atoms with Gasteiger partial charge in [-0.2, -0.15) is 10.2 Å². The SMILES string of the molecule is Cn1nc(-c2ccc(NC(=O)NCc3cn[nH]c3)cc2)c2ccccc21. The first kappa shape index (κ1) is 15.9. The van der Waals surface area contributed by atoms with Gasteiger partial charge in [0.15, 0.2) is 0 Å². The number of benzene rings is 2. The summed E-state index contributed by atoms with van der Waals surface area (Å²) in [6.45, 7) is 0.417. The molecule has 0 saturated carbocycles. The molecule has 2 aromatic heterocycles. The number of aromatic nitrogens is 4. The van der Waals surface area contributed by atoms with E-state index in [0.717, 1.165) is 33.4 Å². The zero-order valence-electron chi connectivity index (χ0n) is 14.2. The van der Waals surface area contributed by atoms with Crippen LogP contribution in [0.25, 0.3) is 22.2 Å². The average molecular weight is 346 g/mol. The van der Waals surface area contributed by atoms with Gasteiger partial charge in [0.25, 0.3) is 0 Å². The van der Waals surface area contributed by atoms with E-state index in [4.69, 9.17) is 0 Å². The molecule has 7 heteroatoms. The molecule has 0 spiro atoms. The van der Waals surface area contributed by atoms with Gasteiger partial charge in [-0.05, 0) is 18.2 Å². The van der Waals surface area contributed by atoms with Gasteiger partial charge in [0.2, 0.25) is 0 Å². The number of aromatic amines is 1. The molecule has 0 unspecified atom stereocenters. The molecule has 0 saturated heterocycles. The van der Waals surface area contributed by atoms with Crippen molar-refractivity contribution in [2.75, 3.05) is 5.32 Å². The van der Waals surface area contributed by atoms with Crippen molar-refractivity contribution in [2.45, 2.75) is 6.54 Å². The maximum Gasteiger partial charge on any atom is 0.319 e. The summed E-state index contributed by atoms with van der Waals surface area (Å²) >= 11 is 0. The number of hydrogen-bond acceptors (Lipinski definition) is 3. The van der Waals surface area contributed by atoms with E-state index in [1.165, 1.54) is 0 Å². The molecule has 3 N–H and O–H groups in total. The van der Waals surface area contributed by atoms with E-state index in [0.29, 0.717) is 6.54 Å². The lowest BCUT2D eigenvalue weighted by Gasteiger charge is -2.07. The van der Waals surface area contributed by atoms with E-state index >= 15 is 0 Å². The van der Waals surface area contributed by atoms with Crippen molar-refractivity contribution >= 4 is 22.6 Å². The monoisotopic (exact) mass is 346 g/mol. The molecule has 4 aromatic rings. The number of rotatable bonds is 4. The van der Waals surface area contributed by atoms with Gasteiger partial charge in [0.1, 0.15) is 5.69 Å². The summed E-state index contributed by atoms with van der Waals surface area (Å²) in [7, 11) is 1.94. The Balaban J connectivity index is 1.47. The third-order valence-electron chi connectivity index (χ3n) is 4.18. The fraction of sp³-hybridized carbons (Fsp3) is 0.105. The summed E-state index contributed by atoms with van der Waals surface area (Å²) < 4.78 is 1.88. The highest BCUT2D eigenvalue weighted by molar-refractivity contribution is 5.94. The van der Waals surface area contributed by atoms with Crippen LogP contribution in [0.2, 0.25) is 0 Å². The zero-order chi connectivity index (χ0) is 17.9. The number of para-hydroxylation sites is 1. The van der Waals surface area contributed by atoms with Crippen LogP contribution in [0.15, 0.2) is 60.9 Å². The van der Waals surface area contributed by atoms with E-state index in [9.17, 15) is 4.79 Å². The second kappa shape index (κ2) is 6.72. The lowest BCUT2D eigenvalue weighted by atomic mass is 10.1. The van der Waals surface area contributed by atoms with Crippen molar-refractivity contribution < 1.29 is 4.79 Å². The van der Waals surface area contributed by atoms with E-state index in [1.807, 2.05) is 54.2 Å². The summed E-state index contributed by atoms with van der Waals surface area (Å²) in [5, 5.41) is 17.9. The molecule has 2 aromatic carbocycles. The van der Waals surface area contributed by atoms with Gasteiger partial charge >= 0.3 is 6.03 Å². The quantitative estimate of drug-likeness (QED) is 0.530. The van der Waals surface area contributed by atoms with Crippen molar-refractivity contribution in [2.24, 2.45) is 7.05 Å². The van der Waals surface area contributed by atoms with Crippen molar-refractivity contribution in [3.63, 3.8) is 0 Å². The molecule has 2 heterocycles. The molecular weight excluding hydrogens is 328 g/mol. The van der Waals surface area contributed by atoms with Gasteiger partial charge in [-0.25, -0.2) is 4.79 Å². The zero-order valence-corrected chi connectivity index (χ0v) is 14.2. The maximum absolute atomic E-state index is 12.0. The maximum atomic E-state index is 12.0. The Labute approximate surface area is 150 Å². The summed E-state index contributed by atoms with van der Waals surface area (Å²) in [4.78, 5) is 12.0. The molecule has 2 amide bonds. The topological polar surface area (TPSA) is 87.6 Å². The van der Waals surface area contributed by atoms with Crippen molar-refractivity contribution in [1.82, 2.24) is 25.3 Å². The van der Waals surface area contributed by atoms with Crippen LogP contribution in [-0.4, -0.2) is 26.0 Å². The highest BCUT2D eigenvalue weighted by Crippen LogP contribution is 2.28. The van der Waals surface area contributed by atoms with Gasteiger partial charge in [-0.3, -0.25) is 9.78 Å². The van der Waals surface area contributed by atoms with E-state index in [2.05, 4.69) is 32.0 Å². The molecule has 0 fully saturated rings. The number of nitrogens with zero attached hydrogens (tertiary/aromatic N) is 3. The lowest BCUT2D eigenvalue weighted by Crippen LogP contribution is -2.27. The molecule has 0 aliphatic carbocycles. The van der Waals surface area contributed by atoms with E-state index in [-0.39, 0.29) is 6.03 Å². The highest BCUT2D eigenvalue weighted by Gasteiger charge is 2.10. The van der Waals surface area contributed by atoms with Crippen LogP contribution < -0.4 is 10.6 Å². The Bertz CT molecular complexity index is 1030. The number of carbonyl (C=O) groups excluding carboxylic acids is 1. The van der Waals surface area contributed by atoms with Gasteiger partial charge < -0.3 is 10.6 Å². The molecule has 7 nitrogen and oxygen atoms in total. The number of urea groups is 1. The van der Waals surface area contributed by atoms with Gasteiger partial charge in [-0.15, -0.1) is 0 Å². The Morgan fingerprint density at radius 2 is 1.96 bits per heavy atom. The first-order chi connectivity index (χ1) is 12.7. The van der Waals surface area contributed by atoms with Crippen LogP contribution >= 0.6 is 0 Å².